The highest BCUT2D eigenvalue weighted by Gasteiger charge is 2.37. The van der Waals surface area contributed by atoms with Gasteiger partial charge in [0, 0.05) is 10.9 Å². The van der Waals surface area contributed by atoms with Gasteiger partial charge in [0.25, 0.3) is 0 Å². The number of rotatable bonds is 4. The number of benzene rings is 3. The second kappa shape index (κ2) is 6.64. The van der Waals surface area contributed by atoms with Gasteiger partial charge in [0.05, 0.1) is 5.66 Å². The Labute approximate surface area is 141 Å². The summed E-state index contributed by atoms with van der Waals surface area (Å²) < 4.78 is 13.4. The lowest BCUT2D eigenvalue weighted by Gasteiger charge is -2.25. The molecule has 3 aromatic carbocycles. The molecule has 24 heavy (non-hydrogen) atoms. The number of phenolic OH excluding ortho intramolecular Hbond substituents is 1. The fourth-order valence-corrected chi connectivity index (χ4v) is 4.95. The molecule has 3 aromatic rings. The third-order valence-corrected chi connectivity index (χ3v) is 6.38. The van der Waals surface area contributed by atoms with Crippen molar-refractivity contribution in [2.45, 2.75) is 12.6 Å². The van der Waals surface area contributed by atoms with E-state index in [9.17, 15) is 14.6 Å². The van der Waals surface area contributed by atoms with Crippen molar-refractivity contribution >= 4 is 12.7 Å². The zero-order valence-electron chi connectivity index (χ0n) is 13.3. The molecular formula is C20H19O3P. The van der Waals surface area contributed by atoms with Crippen LogP contribution >= 0.6 is 7.37 Å². The van der Waals surface area contributed by atoms with Gasteiger partial charge in [-0.25, -0.2) is 0 Å². The molecule has 4 heteroatoms. The van der Waals surface area contributed by atoms with Crippen molar-refractivity contribution < 1.29 is 14.6 Å². The van der Waals surface area contributed by atoms with Gasteiger partial charge in [-0.1, -0.05) is 66.2 Å². The Morgan fingerprint density at radius 1 is 0.875 bits per heavy atom. The summed E-state index contributed by atoms with van der Waals surface area (Å²) in [6.45, 7) is 1.90. The van der Waals surface area contributed by atoms with E-state index in [1.165, 1.54) is 0 Å². The fraction of sp³-hybridized carbons (Fsp3) is 0.100. The van der Waals surface area contributed by atoms with Crippen LogP contribution in [0, 0.1) is 6.92 Å². The van der Waals surface area contributed by atoms with Crippen molar-refractivity contribution in [2.75, 3.05) is 0 Å². The monoisotopic (exact) mass is 338 g/mol. The van der Waals surface area contributed by atoms with Crippen LogP contribution in [-0.4, -0.2) is 10.00 Å². The van der Waals surface area contributed by atoms with Crippen molar-refractivity contribution in [3.05, 3.63) is 95.6 Å². The fourth-order valence-electron chi connectivity index (χ4n) is 2.89. The summed E-state index contributed by atoms with van der Waals surface area (Å²) in [6.07, 6.45) is 0. The zero-order valence-corrected chi connectivity index (χ0v) is 14.2. The van der Waals surface area contributed by atoms with Gasteiger partial charge in [-0.3, -0.25) is 4.57 Å². The normalized spacial score (nSPS) is 14.8. The lowest BCUT2D eigenvalue weighted by atomic mass is 10.0. The van der Waals surface area contributed by atoms with E-state index in [0.717, 1.165) is 5.56 Å². The van der Waals surface area contributed by atoms with Gasteiger partial charge in [0.1, 0.15) is 5.75 Å². The Hall–Kier alpha value is -2.35. The second-order valence-electron chi connectivity index (χ2n) is 5.83. The van der Waals surface area contributed by atoms with Crippen molar-refractivity contribution in [3.8, 4) is 5.75 Å². The summed E-state index contributed by atoms with van der Waals surface area (Å²) in [5.74, 6) is 0.0275. The molecule has 2 unspecified atom stereocenters. The molecule has 0 aliphatic rings. The van der Waals surface area contributed by atoms with Crippen LogP contribution in [0.25, 0.3) is 0 Å². The minimum atomic E-state index is -3.81. The molecule has 0 bridgehead atoms. The summed E-state index contributed by atoms with van der Waals surface area (Å²) in [5.41, 5.74) is 1.28. The molecule has 0 saturated heterocycles. The molecule has 0 amide bonds. The number of phenols is 1. The maximum absolute atomic E-state index is 13.4. The SMILES string of the molecule is Cc1ccc(O)c(C(c2ccccc2)P(=O)(O)c2ccccc2)c1. The third kappa shape index (κ3) is 3.14. The lowest BCUT2D eigenvalue weighted by molar-refractivity contribution is 0.458. The molecule has 0 aliphatic heterocycles. The highest BCUT2D eigenvalue weighted by molar-refractivity contribution is 7.66. The van der Waals surface area contributed by atoms with Crippen LogP contribution in [0.3, 0.4) is 0 Å². The van der Waals surface area contributed by atoms with Crippen LogP contribution in [0.1, 0.15) is 22.3 Å². The molecule has 3 nitrogen and oxygen atoms in total. The Balaban J connectivity index is 2.24. The van der Waals surface area contributed by atoms with Gasteiger partial charge in [0.2, 0.25) is 7.37 Å². The van der Waals surface area contributed by atoms with Crippen molar-refractivity contribution in [3.63, 3.8) is 0 Å². The van der Waals surface area contributed by atoms with E-state index in [2.05, 4.69) is 0 Å². The summed E-state index contributed by atoms with van der Waals surface area (Å²) in [6, 6.07) is 22.9. The summed E-state index contributed by atoms with van der Waals surface area (Å²) in [5, 5.41) is 10.7. The van der Waals surface area contributed by atoms with E-state index in [1.807, 2.05) is 43.3 Å². The highest BCUT2D eigenvalue weighted by atomic mass is 31.2. The first kappa shape index (κ1) is 16.5. The molecule has 122 valence electrons. The Kier molecular flexibility index (Phi) is 4.57. The molecule has 0 fully saturated rings. The quantitative estimate of drug-likeness (QED) is 0.694. The van der Waals surface area contributed by atoms with Crippen molar-refractivity contribution in [1.82, 2.24) is 0 Å². The minimum absolute atomic E-state index is 0.0275. The smallest absolute Gasteiger partial charge is 0.241 e. The van der Waals surface area contributed by atoms with Crippen LogP contribution in [0.4, 0.5) is 0 Å². The van der Waals surface area contributed by atoms with E-state index in [-0.39, 0.29) is 5.75 Å². The van der Waals surface area contributed by atoms with Crippen LogP contribution in [0.15, 0.2) is 78.9 Å². The summed E-state index contributed by atoms with van der Waals surface area (Å²) in [7, 11) is -3.81. The van der Waals surface area contributed by atoms with E-state index in [0.29, 0.717) is 16.4 Å². The lowest BCUT2D eigenvalue weighted by Crippen LogP contribution is -2.13. The molecule has 0 radical (unpaired) electrons. The number of aromatic hydroxyl groups is 1. The minimum Gasteiger partial charge on any atom is -0.508 e. The van der Waals surface area contributed by atoms with Crippen LogP contribution in [-0.2, 0) is 4.57 Å². The largest absolute Gasteiger partial charge is 0.508 e. The molecule has 0 saturated carbocycles. The van der Waals surface area contributed by atoms with E-state index >= 15 is 0 Å². The molecular weight excluding hydrogens is 319 g/mol. The third-order valence-electron chi connectivity index (χ3n) is 4.07. The summed E-state index contributed by atoms with van der Waals surface area (Å²) in [4.78, 5) is 11.0. The van der Waals surface area contributed by atoms with E-state index in [1.54, 1.807) is 42.5 Å². The second-order valence-corrected chi connectivity index (χ2v) is 8.11. The molecule has 2 atom stereocenters. The van der Waals surface area contributed by atoms with Gasteiger partial charge >= 0.3 is 0 Å². The Bertz CT molecular complexity index is 876. The van der Waals surface area contributed by atoms with Crippen LogP contribution < -0.4 is 5.30 Å². The molecule has 0 heterocycles. The van der Waals surface area contributed by atoms with Gasteiger partial charge in [0.15, 0.2) is 0 Å². The van der Waals surface area contributed by atoms with Crippen LogP contribution in [0.2, 0.25) is 0 Å². The van der Waals surface area contributed by atoms with E-state index < -0.39 is 13.0 Å². The molecule has 0 aliphatic carbocycles. The van der Waals surface area contributed by atoms with E-state index in [4.69, 9.17) is 0 Å². The Morgan fingerprint density at radius 3 is 2.08 bits per heavy atom. The zero-order chi connectivity index (χ0) is 17.2. The standard InChI is InChI=1S/C20H19O3P/c1-15-12-13-19(21)18(14-15)20(16-8-4-2-5-9-16)24(22,23)17-10-6-3-7-11-17/h2-14,20-21H,1H3,(H,22,23). The number of hydrogen-bond donors (Lipinski definition) is 2. The number of aryl methyl sites for hydroxylation is 1. The van der Waals surface area contributed by atoms with Crippen molar-refractivity contribution in [2.24, 2.45) is 0 Å². The molecule has 3 rings (SSSR count). The molecule has 0 aromatic heterocycles. The first-order chi connectivity index (χ1) is 11.5. The molecule has 2 N–H and O–H groups in total. The average molecular weight is 338 g/mol. The average Bonchev–Trinajstić information content (AvgIpc) is 2.60. The van der Waals surface area contributed by atoms with Gasteiger partial charge in [-0.05, 0) is 30.7 Å². The number of hydrogen-bond acceptors (Lipinski definition) is 2. The highest BCUT2D eigenvalue weighted by Crippen LogP contribution is 2.59. The predicted molar refractivity (Wildman–Crippen MR) is 97.0 cm³/mol. The van der Waals surface area contributed by atoms with Gasteiger partial charge in [-0.2, -0.15) is 0 Å². The van der Waals surface area contributed by atoms with Crippen molar-refractivity contribution in [1.29, 1.82) is 0 Å². The van der Waals surface area contributed by atoms with Gasteiger partial charge in [-0.15, -0.1) is 0 Å². The summed E-state index contributed by atoms with van der Waals surface area (Å²) >= 11 is 0. The maximum atomic E-state index is 13.4. The van der Waals surface area contributed by atoms with Crippen LogP contribution in [0.5, 0.6) is 5.75 Å². The first-order valence-corrected chi connectivity index (χ1v) is 9.45. The molecule has 0 spiro atoms. The maximum Gasteiger partial charge on any atom is 0.241 e. The topological polar surface area (TPSA) is 57.5 Å². The van der Waals surface area contributed by atoms with Gasteiger partial charge < -0.3 is 10.00 Å². The Morgan fingerprint density at radius 2 is 1.46 bits per heavy atom. The first-order valence-electron chi connectivity index (χ1n) is 7.72. The predicted octanol–water partition coefficient (Wildman–Crippen LogP) is 4.39.